The van der Waals surface area contributed by atoms with Gasteiger partial charge in [0.05, 0.1) is 6.26 Å². The van der Waals surface area contributed by atoms with Crippen LogP contribution in [0.25, 0.3) is 0 Å². The van der Waals surface area contributed by atoms with E-state index >= 15 is 0 Å². The first-order valence-corrected chi connectivity index (χ1v) is 5.87. The minimum atomic E-state index is -3.41. The molecule has 0 aromatic rings. The second-order valence-electron chi connectivity index (χ2n) is 3.17. The van der Waals surface area contributed by atoms with Gasteiger partial charge in [-0.1, -0.05) is 26.0 Å². The van der Waals surface area contributed by atoms with Crippen molar-refractivity contribution in [1.29, 1.82) is 0 Å². The maximum atomic E-state index is 10.9. The van der Waals surface area contributed by atoms with Gasteiger partial charge in [0.2, 0.25) is 15.9 Å². The Hall–Kier alpha value is -0.840. The summed E-state index contributed by atoms with van der Waals surface area (Å²) in [5, 5.41) is 0. The lowest BCUT2D eigenvalue weighted by Gasteiger charge is -1.99. The normalized spacial score (nSPS) is 12.3. The monoisotopic (exact) mass is 205 g/mol. The van der Waals surface area contributed by atoms with E-state index in [9.17, 15) is 13.2 Å². The number of hydrogen-bond donors (Lipinski definition) is 1. The van der Waals surface area contributed by atoms with Crippen LogP contribution >= 0.6 is 0 Å². The first-order valence-electron chi connectivity index (χ1n) is 3.98. The van der Waals surface area contributed by atoms with E-state index in [1.54, 1.807) is 6.08 Å². The smallest absolute Gasteiger partial charge is 0.237 e. The molecule has 1 N–H and O–H groups in total. The Morgan fingerprint density at radius 3 is 2.38 bits per heavy atom. The predicted octanol–water partition coefficient (Wildman–Crippen LogP) is 0.664. The first-order chi connectivity index (χ1) is 5.81. The van der Waals surface area contributed by atoms with E-state index in [0.29, 0.717) is 5.92 Å². The van der Waals surface area contributed by atoms with Crippen LogP contribution in [0.4, 0.5) is 0 Å². The zero-order chi connectivity index (χ0) is 10.5. The third kappa shape index (κ3) is 9.07. The molecule has 0 saturated carbocycles. The molecule has 0 atom stereocenters. The molecule has 13 heavy (non-hydrogen) atoms. The lowest BCUT2D eigenvalue weighted by Crippen LogP contribution is -2.28. The highest BCUT2D eigenvalue weighted by molar-refractivity contribution is 7.89. The van der Waals surface area contributed by atoms with E-state index in [4.69, 9.17) is 0 Å². The van der Waals surface area contributed by atoms with E-state index in [0.717, 1.165) is 6.26 Å². The zero-order valence-electron chi connectivity index (χ0n) is 8.07. The molecule has 0 fully saturated rings. The van der Waals surface area contributed by atoms with Gasteiger partial charge in [-0.3, -0.25) is 9.52 Å². The zero-order valence-corrected chi connectivity index (χ0v) is 8.89. The van der Waals surface area contributed by atoms with Gasteiger partial charge in [0.15, 0.2) is 0 Å². The number of sulfonamides is 1. The van der Waals surface area contributed by atoms with Crippen molar-refractivity contribution < 1.29 is 13.2 Å². The van der Waals surface area contributed by atoms with Crippen molar-refractivity contribution in [3.63, 3.8) is 0 Å². The molecule has 5 heteroatoms. The number of allylic oxidation sites excluding steroid dienone is 1. The number of carbonyl (C=O) groups excluding carboxylic acids is 1. The predicted molar refractivity (Wildman–Crippen MR) is 51.6 cm³/mol. The Kier molecular flexibility index (Phi) is 4.69. The number of nitrogens with one attached hydrogen (secondary N) is 1. The molecule has 0 bridgehead atoms. The van der Waals surface area contributed by atoms with Gasteiger partial charge in [0.1, 0.15) is 0 Å². The van der Waals surface area contributed by atoms with Crippen molar-refractivity contribution in [2.24, 2.45) is 5.92 Å². The van der Waals surface area contributed by atoms with E-state index in [1.165, 1.54) is 0 Å². The van der Waals surface area contributed by atoms with Crippen LogP contribution in [0, 0.1) is 5.92 Å². The molecule has 0 unspecified atom stereocenters. The van der Waals surface area contributed by atoms with Gasteiger partial charge in [-0.15, -0.1) is 0 Å². The van der Waals surface area contributed by atoms with Crippen LogP contribution in [0.1, 0.15) is 20.3 Å². The molecule has 0 aromatic heterocycles. The molecule has 76 valence electrons. The van der Waals surface area contributed by atoms with Gasteiger partial charge in [0, 0.05) is 6.42 Å². The molecule has 0 radical (unpaired) electrons. The standard InChI is InChI=1S/C8H15NO3S/c1-7(2)5-4-6-8(10)9-13(3,11)12/h4-5,7H,6H2,1-3H3,(H,9,10). The van der Waals surface area contributed by atoms with Gasteiger partial charge in [0.25, 0.3) is 0 Å². The average molecular weight is 205 g/mol. The van der Waals surface area contributed by atoms with Crippen LogP contribution in [-0.4, -0.2) is 20.6 Å². The minimum Gasteiger partial charge on any atom is -0.274 e. The molecule has 0 saturated heterocycles. The number of amides is 1. The molecule has 0 rings (SSSR count). The molecule has 0 heterocycles. The highest BCUT2D eigenvalue weighted by atomic mass is 32.2. The van der Waals surface area contributed by atoms with Crippen molar-refractivity contribution in [1.82, 2.24) is 4.72 Å². The van der Waals surface area contributed by atoms with Gasteiger partial charge >= 0.3 is 0 Å². The van der Waals surface area contributed by atoms with Gasteiger partial charge in [-0.25, -0.2) is 8.42 Å². The van der Waals surface area contributed by atoms with Gasteiger partial charge in [-0.2, -0.15) is 0 Å². The molecule has 0 aliphatic carbocycles. The maximum absolute atomic E-state index is 10.9. The molecule has 0 aliphatic rings. The third-order valence-electron chi connectivity index (χ3n) is 1.12. The molecule has 0 aromatic carbocycles. The van der Waals surface area contributed by atoms with E-state index in [-0.39, 0.29) is 6.42 Å². The number of carbonyl (C=O) groups is 1. The Morgan fingerprint density at radius 1 is 1.46 bits per heavy atom. The summed E-state index contributed by atoms with van der Waals surface area (Å²) < 4.78 is 23.0. The lowest BCUT2D eigenvalue weighted by molar-refractivity contribution is -0.118. The van der Waals surface area contributed by atoms with E-state index < -0.39 is 15.9 Å². The summed E-state index contributed by atoms with van der Waals surface area (Å²) in [6.07, 6.45) is 4.56. The fraction of sp³-hybridized carbons (Fsp3) is 0.625. The Labute approximate surface area is 79.1 Å². The molecular weight excluding hydrogens is 190 g/mol. The second-order valence-corrected chi connectivity index (χ2v) is 4.92. The van der Waals surface area contributed by atoms with Crippen LogP contribution < -0.4 is 4.72 Å². The highest BCUT2D eigenvalue weighted by Crippen LogP contribution is 1.95. The van der Waals surface area contributed by atoms with Crippen molar-refractivity contribution >= 4 is 15.9 Å². The number of hydrogen-bond acceptors (Lipinski definition) is 3. The average Bonchev–Trinajstić information content (AvgIpc) is 1.81. The quantitative estimate of drug-likeness (QED) is 0.686. The van der Waals surface area contributed by atoms with E-state index in [1.807, 2.05) is 24.6 Å². The molecular formula is C8H15NO3S. The fourth-order valence-electron chi connectivity index (χ4n) is 0.696. The summed E-state index contributed by atoms with van der Waals surface area (Å²) >= 11 is 0. The molecule has 4 nitrogen and oxygen atoms in total. The molecule has 0 spiro atoms. The molecule has 0 aliphatic heterocycles. The van der Waals surface area contributed by atoms with Gasteiger partial charge < -0.3 is 0 Å². The minimum absolute atomic E-state index is 0.102. The Bertz CT molecular complexity index is 291. The van der Waals surface area contributed by atoms with Crippen LogP contribution in [0.5, 0.6) is 0 Å². The van der Waals surface area contributed by atoms with Crippen LogP contribution in [-0.2, 0) is 14.8 Å². The van der Waals surface area contributed by atoms with Crippen molar-refractivity contribution in [2.75, 3.05) is 6.26 Å². The summed E-state index contributed by atoms with van der Waals surface area (Å²) in [5.74, 6) is -0.134. The number of rotatable bonds is 4. The summed E-state index contributed by atoms with van der Waals surface area (Å²) in [7, 11) is -3.41. The topological polar surface area (TPSA) is 63.2 Å². The van der Waals surface area contributed by atoms with Crippen LogP contribution in [0.15, 0.2) is 12.2 Å². The van der Waals surface area contributed by atoms with Gasteiger partial charge in [-0.05, 0) is 5.92 Å². The van der Waals surface area contributed by atoms with Crippen LogP contribution in [0.2, 0.25) is 0 Å². The SMILES string of the molecule is CC(C)C=CCC(=O)NS(C)(=O)=O. The molecule has 1 amide bonds. The fourth-order valence-corrected chi connectivity index (χ4v) is 1.19. The van der Waals surface area contributed by atoms with Crippen molar-refractivity contribution in [2.45, 2.75) is 20.3 Å². The Morgan fingerprint density at radius 2 is 2.00 bits per heavy atom. The Balaban J connectivity index is 3.91. The highest BCUT2D eigenvalue weighted by Gasteiger charge is 2.05. The largest absolute Gasteiger partial charge is 0.274 e. The summed E-state index contributed by atoms with van der Waals surface area (Å²) in [6, 6.07) is 0. The van der Waals surface area contributed by atoms with E-state index in [2.05, 4.69) is 0 Å². The van der Waals surface area contributed by atoms with Crippen molar-refractivity contribution in [3.8, 4) is 0 Å². The first kappa shape index (κ1) is 12.2. The summed E-state index contributed by atoms with van der Waals surface area (Å²) in [5.41, 5.74) is 0. The second kappa shape index (κ2) is 5.01. The third-order valence-corrected chi connectivity index (χ3v) is 1.72. The van der Waals surface area contributed by atoms with Crippen LogP contribution in [0.3, 0.4) is 0 Å². The lowest BCUT2D eigenvalue weighted by atomic mass is 10.2. The summed E-state index contributed by atoms with van der Waals surface area (Å²) in [6.45, 7) is 3.95. The summed E-state index contributed by atoms with van der Waals surface area (Å²) in [4.78, 5) is 10.9. The van der Waals surface area contributed by atoms with Crippen molar-refractivity contribution in [3.05, 3.63) is 12.2 Å². The maximum Gasteiger partial charge on any atom is 0.237 e.